The molecule has 2 aromatic rings. The molecule has 6 heteroatoms. The third kappa shape index (κ3) is 3.93. The van der Waals surface area contributed by atoms with E-state index in [4.69, 9.17) is 18.8 Å². The molecule has 0 spiro atoms. The standard InChI is InChI=1S/C22H27BO5/c1-15-18(23-27-21(2,3)22(4,5)28-23)12-17(20(24)25-6)13-19(15)26-14-16-10-8-7-9-11-16/h7-13H,14H2,1-6H3. The number of benzene rings is 2. The Labute approximate surface area is 167 Å². The summed E-state index contributed by atoms with van der Waals surface area (Å²) in [7, 11) is 0.773. The fourth-order valence-corrected chi connectivity index (χ4v) is 3.04. The summed E-state index contributed by atoms with van der Waals surface area (Å²) < 4.78 is 23.3. The third-order valence-electron chi connectivity index (χ3n) is 5.57. The number of esters is 1. The van der Waals surface area contributed by atoms with Gasteiger partial charge in [-0.15, -0.1) is 0 Å². The monoisotopic (exact) mass is 382 g/mol. The fraction of sp³-hybridized carbons (Fsp3) is 0.409. The molecule has 0 amide bonds. The van der Waals surface area contributed by atoms with Crippen LogP contribution in [0, 0.1) is 6.92 Å². The Bertz CT molecular complexity index is 845. The Kier molecular flexibility index (Phi) is 5.55. The molecule has 0 aromatic heterocycles. The number of carbonyl (C=O) groups is 1. The predicted octanol–water partition coefficient (Wildman–Crippen LogP) is 3.66. The Morgan fingerprint density at radius 2 is 1.64 bits per heavy atom. The summed E-state index contributed by atoms with van der Waals surface area (Å²) in [5.74, 6) is 0.179. The Hall–Kier alpha value is -2.31. The van der Waals surface area contributed by atoms with Gasteiger partial charge >= 0.3 is 13.1 Å². The van der Waals surface area contributed by atoms with Crippen LogP contribution in [0.15, 0.2) is 42.5 Å². The first kappa shape index (κ1) is 20.4. The molecule has 0 bridgehead atoms. The van der Waals surface area contributed by atoms with E-state index in [9.17, 15) is 4.79 Å². The van der Waals surface area contributed by atoms with Crippen LogP contribution < -0.4 is 10.2 Å². The molecule has 3 rings (SSSR count). The summed E-state index contributed by atoms with van der Waals surface area (Å²) in [6, 6.07) is 13.3. The van der Waals surface area contributed by atoms with Gasteiger partial charge in [0.25, 0.3) is 0 Å². The van der Waals surface area contributed by atoms with Crippen molar-refractivity contribution in [3.05, 3.63) is 59.2 Å². The van der Waals surface area contributed by atoms with Crippen LogP contribution in [0.2, 0.25) is 0 Å². The second-order valence-corrected chi connectivity index (χ2v) is 8.04. The normalized spacial score (nSPS) is 17.4. The second kappa shape index (κ2) is 7.61. The number of hydrogen-bond acceptors (Lipinski definition) is 5. The van der Waals surface area contributed by atoms with E-state index in [0.29, 0.717) is 17.9 Å². The second-order valence-electron chi connectivity index (χ2n) is 8.04. The largest absolute Gasteiger partial charge is 0.495 e. The van der Waals surface area contributed by atoms with E-state index < -0.39 is 24.3 Å². The van der Waals surface area contributed by atoms with Crippen LogP contribution in [-0.2, 0) is 20.7 Å². The van der Waals surface area contributed by atoms with E-state index in [1.165, 1.54) is 7.11 Å². The maximum atomic E-state index is 12.2. The zero-order valence-electron chi connectivity index (χ0n) is 17.4. The highest BCUT2D eigenvalue weighted by Gasteiger charge is 2.52. The summed E-state index contributed by atoms with van der Waals surface area (Å²) in [5, 5.41) is 0. The smallest absolute Gasteiger partial charge is 0.489 e. The lowest BCUT2D eigenvalue weighted by Crippen LogP contribution is -2.41. The van der Waals surface area contributed by atoms with E-state index >= 15 is 0 Å². The van der Waals surface area contributed by atoms with Gasteiger partial charge in [0, 0.05) is 0 Å². The first-order valence-corrected chi connectivity index (χ1v) is 9.40. The number of hydrogen-bond donors (Lipinski definition) is 0. The van der Waals surface area contributed by atoms with Gasteiger partial charge in [0.1, 0.15) is 12.4 Å². The Morgan fingerprint density at radius 1 is 1.04 bits per heavy atom. The molecule has 0 unspecified atom stereocenters. The topological polar surface area (TPSA) is 54.0 Å². The van der Waals surface area contributed by atoms with Gasteiger partial charge in [-0.25, -0.2) is 4.79 Å². The molecule has 1 aliphatic heterocycles. The predicted molar refractivity (Wildman–Crippen MR) is 109 cm³/mol. The molecule has 148 valence electrons. The summed E-state index contributed by atoms with van der Waals surface area (Å²) in [6.45, 7) is 10.3. The molecule has 2 aromatic carbocycles. The van der Waals surface area contributed by atoms with E-state index in [0.717, 1.165) is 16.6 Å². The van der Waals surface area contributed by atoms with Gasteiger partial charge in [0.15, 0.2) is 0 Å². The van der Waals surface area contributed by atoms with Gasteiger partial charge in [0.2, 0.25) is 0 Å². The molecule has 0 atom stereocenters. The quantitative estimate of drug-likeness (QED) is 0.584. The zero-order chi connectivity index (χ0) is 20.5. The minimum absolute atomic E-state index is 0.398. The first-order valence-electron chi connectivity index (χ1n) is 9.40. The molecule has 0 radical (unpaired) electrons. The van der Waals surface area contributed by atoms with E-state index in [2.05, 4.69) is 0 Å². The van der Waals surface area contributed by atoms with Crippen molar-refractivity contribution >= 4 is 18.6 Å². The fourth-order valence-electron chi connectivity index (χ4n) is 3.04. The average molecular weight is 382 g/mol. The van der Waals surface area contributed by atoms with Crippen LogP contribution in [0.3, 0.4) is 0 Å². The van der Waals surface area contributed by atoms with Crippen molar-refractivity contribution in [3.8, 4) is 5.75 Å². The van der Waals surface area contributed by atoms with Gasteiger partial charge in [-0.2, -0.15) is 0 Å². The van der Waals surface area contributed by atoms with Gasteiger partial charge < -0.3 is 18.8 Å². The third-order valence-corrected chi connectivity index (χ3v) is 5.57. The summed E-state index contributed by atoms with van der Waals surface area (Å²) >= 11 is 0. The van der Waals surface area contributed by atoms with Gasteiger partial charge in [-0.3, -0.25) is 0 Å². The van der Waals surface area contributed by atoms with Gasteiger partial charge in [-0.1, -0.05) is 30.3 Å². The maximum absolute atomic E-state index is 12.2. The highest BCUT2D eigenvalue weighted by Crippen LogP contribution is 2.37. The van der Waals surface area contributed by atoms with Crippen molar-refractivity contribution in [1.82, 2.24) is 0 Å². The lowest BCUT2D eigenvalue weighted by Gasteiger charge is -2.32. The lowest BCUT2D eigenvalue weighted by molar-refractivity contribution is 0.00578. The molecule has 28 heavy (non-hydrogen) atoms. The molecule has 0 aliphatic carbocycles. The van der Waals surface area contributed by atoms with Crippen molar-refractivity contribution < 1.29 is 23.6 Å². The van der Waals surface area contributed by atoms with Crippen molar-refractivity contribution in [2.24, 2.45) is 0 Å². The average Bonchev–Trinajstić information content (AvgIpc) is 2.88. The molecule has 1 heterocycles. The molecule has 1 saturated heterocycles. The maximum Gasteiger partial charge on any atom is 0.495 e. The number of carbonyl (C=O) groups excluding carboxylic acids is 1. The molecule has 5 nitrogen and oxygen atoms in total. The highest BCUT2D eigenvalue weighted by atomic mass is 16.7. The SMILES string of the molecule is COC(=O)c1cc(OCc2ccccc2)c(C)c(B2OC(C)(C)C(C)(C)O2)c1. The number of rotatable bonds is 5. The van der Waals surface area contributed by atoms with Crippen LogP contribution in [0.4, 0.5) is 0 Å². The molecule has 0 saturated carbocycles. The van der Waals surface area contributed by atoms with Crippen LogP contribution in [-0.4, -0.2) is 31.4 Å². The lowest BCUT2D eigenvalue weighted by atomic mass is 9.75. The number of ether oxygens (including phenoxy) is 2. The summed E-state index contributed by atoms with van der Waals surface area (Å²) in [5.41, 5.74) is 2.14. The van der Waals surface area contributed by atoms with Crippen LogP contribution in [0.25, 0.3) is 0 Å². The van der Waals surface area contributed by atoms with E-state index in [-0.39, 0.29) is 0 Å². The van der Waals surface area contributed by atoms with Gasteiger partial charge in [0.05, 0.1) is 23.9 Å². The summed E-state index contributed by atoms with van der Waals surface area (Å²) in [6.07, 6.45) is 0. The van der Waals surface area contributed by atoms with Crippen LogP contribution in [0.5, 0.6) is 5.75 Å². The molecule has 1 aliphatic rings. The summed E-state index contributed by atoms with van der Waals surface area (Å²) in [4.78, 5) is 12.2. The molecule has 0 N–H and O–H groups in total. The minimum Gasteiger partial charge on any atom is -0.489 e. The van der Waals surface area contributed by atoms with Crippen molar-refractivity contribution in [2.45, 2.75) is 52.4 Å². The van der Waals surface area contributed by atoms with Gasteiger partial charge in [-0.05, 0) is 63.3 Å². The van der Waals surface area contributed by atoms with Crippen molar-refractivity contribution in [2.75, 3.05) is 7.11 Å². The van der Waals surface area contributed by atoms with E-state index in [1.807, 2.05) is 65.0 Å². The zero-order valence-corrected chi connectivity index (χ0v) is 17.4. The number of methoxy groups -OCH3 is 1. The first-order chi connectivity index (χ1) is 13.1. The molecule has 1 fully saturated rings. The van der Waals surface area contributed by atoms with Crippen LogP contribution in [0.1, 0.15) is 49.2 Å². The van der Waals surface area contributed by atoms with Crippen molar-refractivity contribution in [1.29, 1.82) is 0 Å². The Balaban J connectivity index is 1.96. The van der Waals surface area contributed by atoms with E-state index in [1.54, 1.807) is 12.1 Å². The minimum atomic E-state index is -0.589. The molecular formula is C22H27BO5. The Morgan fingerprint density at radius 3 is 2.21 bits per heavy atom. The highest BCUT2D eigenvalue weighted by molar-refractivity contribution is 6.62. The molecular weight excluding hydrogens is 355 g/mol. The van der Waals surface area contributed by atoms with Crippen LogP contribution >= 0.6 is 0 Å². The van der Waals surface area contributed by atoms with Crippen molar-refractivity contribution in [3.63, 3.8) is 0 Å².